The van der Waals surface area contributed by atoms with Gasteiger partial charge < -0.3 is 5.11 Å². The van der Waals surface area contributed by atoms with Crippen LogP contribution in [-0.4, -0.2) is 34.1 Å². The molecule has 0 heterocycles. The van der Waals surface area contributed by atoms with Crippen molar-refractivity contribution in [1.82, 2.24) is 4.90 Å². The Bertz CT molecular complexity index is 184. The van der Waals surface area contributed by atoms with E-state index >= 15 is 0 Å². The summed E-state index contributed by atoms with van der Waals surface area (Å²) in [6.07, 6.45) is 1.28. The first-order valence-corrected chi connectivity index (χ1v) is 5.27. The monoisotopic (exact) mass is 201 g/mol. The minimum Gasteiger partial charge on any atom is -0.481 e. The number of aliphatic carboxylic acids is 1. The Morgan fingerprint density at radius 1 is 1.43 bits per heavy atom. The predicted octanol–water partition coefficient (Wildman–Crippen LogP) is 2.36. The molecule has 0 rings (SSSR count). The van der Waals surface area contributed by atoms with Crippen molar-refractivity contribution in [3.63, 3.8) is 0 Å². The summed E-state index contributed by atoms with van der Waals surface area (Å²) in [6, 6.07) is 0.439. The highest BCUT2D eigenvalue weighted by molar-refractivity contribution is 5.66. The molecule has 0 radical (unpaired) electrons. The van der Waals surface area contributed by atoms with E-state index in [-0.39, 0.29) is 12.0 Å². The smallest absolute Gasteiger partial charge is 0.304 e. The van der Waals surface area contributed by atoms with Crippen molar-refractivity contribution in [3.05, 3.63) is 0 Å². The van der Waals surface area contributed by atoms with Gasteiger partial charge in [0.2, 0.25) is 0 Å². The minimum atomic E-state index is -0.720. The van der Waals surface area contributed by atoms with Gasteiger partial charge in [0.15, 0.2) is 0 Å². The van der Waals surface area contributed by atoms with Crippen LogP contribution >= 0.6 is 0 Å². The van der Waals surface area contributed by atoms with Crippen molar-refractivity contribution in [2.24, 2.45) is 0 Å². The van der Waals surface area contributed by atoms with Crippen LogP contribution < -0.4 is 0 Å². The van der Waals surface area contributed by atoms with Crippen molar-refractivity contribution < 1.29 is 9.90 Å². The summed E-state index contributed by atoms with van der Waals surface area (Å²) in [4.78, 5) is 12.8. The summed E-state index contributed by atoms with van der Waals surface area (Å²) in [5.41, 5.74) is 0.0465. The van der Waals surface area contributed by atoms with Gasteiger partial charge in [0.1, 0.15) is 0 Å². The first-order valence-electron chi connectivity index (χ1n) is 5.27. The quantitative estimate of drug-likeness (QED) is 0.742. The lowest BCUT2D eigenvalue weighted by Crippen LogP contribution is -2.47. The van der Waals surface area contributed by atoms with Gasteiger partial charge in [-0.05, 0) is 34.1 Å². The molecule has 84 valence electrons. The summed E-state index contributed by atoms with van der Waals surface area (Å²) in [5.74, 6) is -0.720. The molecule has 0 aliphatic carbocycles. The van der Waals surface area contributed by atoms with E-state index in [1.54, 1.807) is 0 Å². The van der Waals surface area contributed by atoms with Crippen LogP contribution in [0, 0.1) is 0 Å². The normalized spacial score (nSPS) is 14.4. The Balaban J connectivity index is 4.33. The molecule has 0 spiro atoms. The summed E-state index contributed by atoms with van der Waals surface area (Å²) in [7, 11) is 0. The molecule has 1 atom stereocenters. The van der Waals surface area contributed by atoms with Gasteiger partial charge >= 0.3 is 5.97 Å². The van der Waals surface area contributed by atoms with Crippen LogP contribution in [0.25, 0.3) is 0 Å². The number of carboxylic acids is 1. The maximum absolute atomic E-state index is 10.5. The molecule has 0 saturated heterocycles. The van der Waals surface area contributed by atoms with Crippen LogP contribution in [0.1, 0.15) is 47.5 Å². The number of nitrogens with zero attached hydrogens (tertiary/aromatic N) is 1. The molecule has 0 saturated carbocycles. The van der Waals surface area contributed by atoms with Crippen molar-refractivity contribution in [3.8, 4) is 0 Å². The van der Waals surface area contributed by atoms with Gasteiger partial charge in [0.05, 0.1) is 6.42 Å². The number of carboxylic acid groups (broad SMARTS) is 1. The summed E-state index contributed by atoms with van der Waals surface area (Å²) in [6.45, 7) is 11.3. The number of rotatable bonds is 5. The van der Waals surface area contributed by atoms with Crippen LogP contribution in [0.4, 0.5) is 0 Å². The average Bonchev–Trinajstić information content (AvgIpc) is 2.01. The summed E-state index contributed by atoms with van der Waals surface area (Å²) in [5, 5.41) is 8.66. The Labute approximate surface area is 87.1 Å². The molecule has 0 aromatic heterocycles. The molecule has 0 amide bonds. The minimum absolute atomic E-state index is 0.0465. The highest BCUT2D eigenvalue weighted by atomic mass is 16.4. The van der Waals surface area contributed by atoms with E-state index in [1.807, 2.05) is 0 Å². The Hall–Kier alpha value is -0.570. The van der Waals surface area contributed by atoms with Gasteiger partial charge in [-0.3, -0.25) is 9.69 Å². The molecule has 0 aromatic rings. The lowest BCUT2D eigenvalue weighted by atomic mass is 10.0. The molecule has 0 bridgehead atoms. The molecular formula is C11H23NO2. The molecule has 0 fully saturated rings. The first kappa shape index (κ1) is 13.4. The maximum atomic E-state index is 10.5. The molecule has 0 aromatic carbocycles. The van der Waals surface area contributed by atoms with Crippen molar-refractivity contribution in [2.75, 3.05) is 6.54 Å². The lowest BCUT2D eigenvalue weighted by Gasteiger charge is -2.39. The second-order valence-electron chi connectivity index (χ2n) is 4.77. The Morgan fingerprint density at radius 3 is 2.21 bits per heavy atom. The zero-order valence-electron chi connectivity index (χ0n) is 10.0. The van der Waals surface area contributed by atoms with Crippen LogP contribution in [-0.2, 0) is 4.79 Å². The van der Waals surface area contributed by atoms with Crippen LogP contribution in [0.3, 0.4) is 0 Å². The molecular weight excluding hydrogens is 178 g/mol. The molecule has 3 nitrogen and oxygen atoms in total. The van der Waals surface area contributed by atoms with E-state index in [0.717, 1.165) is 6.42 Å². The standard InChI is InChI=1S/C11H23NO2/c1-6-9(2)12(11(3,4)5)8-7-10(13)14/h9H,6-8H2,1-5H3,(H,13,14). The van der Waals surface area contributed by atoms with Gasteiger partial charge in [-0.15, -0.1) is 0 Å². The van der Waals surface area contributed by atoms with Gasteiger partial charge in [0, 0.05) is 18.1 Å². The van der Waals surface area contributed by atoms with E-state index in [2.05, 4.69) is 39.5 Å². The topological polar surface area (TPSA) is 40.5 Å². The van der Waals surface area contributed by atoms with Crippen molar-refractivity contribution >= 4 is 5.97 Å². The zero-order chi connectivity index (χ0) is 11.4. The first-order chi connectivity index (χ1) is 6.29. The van der Waals surface area contributed by atoms with Gasteiger partial charge in [0.25, 0.3) is 0 Å². The maximum Gasteiger partial charge on any atom is 0.304 e. The van der Waals surface area contributed by atoms with Gasteiger partial charge in [-0.2, -0.15) is 0 Å². The molecule has 3 heteroatoms. The van der Waals surface area contributed by atoms with E-state index in [0.29, 0.717) is 12.6 Å². The fourth-order valence-electron chi connectivity index (χ4n) is 1.65. The fourth-order valence-corrected chi connectivity index (χ4v) is 1.65. The average molecular weight is 201 g/mol. The van der Waals surface area contributed by atoms with Crippen LogP contribution in [0.15, 0.2) is 0 Å². The lowest BCUT2D eigenvalue weighted by molar-refractivity contribution is -0.137. The molecule has 1 N–H and O–H groups in total. The third kappa shape index (κ3) is 4.61. The van der Waals surface area contributed by atoms with E-state index in [4.69, 9.17) is 5.11 Å². The van der Waals surface area contributed by atoms with Crippen LogP contribution in [0.2, 0.25) is 0 Å². The molecule has 0 aliphatic heterocycles. The molecule has 1 unspecified atom stereocenters. The van der Waals surface area contributed by atoms with Crippen molar-refractivity contribution in [2.45, 2.75) is 59.0 Å². The van der Waals surface area contributed by atoms with Gasteiger partial charge in [-0.1, -0.05) is 6.92 Å². The van der Waals surface area contributed by atoms with E-state index in [1.165, 1.54) is 0 Å². The zero-order valence-corrected chi connectivity index (χ0v) is 10.0. The van der Waals surface area contributed by atoms with Crippen molar-refractivity contribution in [1.29, 1.82) is 0 Å². The predicted molar refractivity (Wildman–Crippen MR) is 58.5 cm³/mol. The van der Waals surface area contributed by atoms with E-state index < -0.39 is 5.97 Å². The third-order valence-electron chi connectivity index (χ3n) is 2.55. The number of hydrogen-bond acceptors (Lipinski definition) is 2. The second kappa shape index (κ2) is 5.35. The third-order valence-corrected chi connectivity index (χ3v) is 2.55. The van der Waals surface area contributed by atoms with E-state index in [9.17, 15) is 4.79 Å². The SMILES string of the molecule is CCC(C)N(CCC(=O)O)C(C)(C)C. The number of carbonyl (C=O) groups is 1. The largest absolute Gasteiger partial charge is 0.481 e. The Kier molecular flexibility index (Phi) is 5.13. The van der Waals surface area contributed by atoms with Crippen LogP contribution in [0.5, 0.6) is 0 Å². The Morgan fingerprint density at radius 2 is 1.93 bits per heavy atom. The summed E-state index contributed by atoms with van der Waals surface area (Å²) >= 11 is 0. The highest BCUT2D eigenvalue weighted by Gasteiger charge is 2.25. The number of hydrogen-bond donors (Lipinski definition) is 1. The van der Waals surface area contributed by atoms with Gasteiger partial charge in [-0.25, -0.2) is 0 Å². The highest BCUT2D eigenvalue weighted by Crippen LogP contribution is 2.18. The molecule has 14 heavy (non-hydrogen) atoms. The summed E-state index contributed by atoms with van der Waals surface area (Å²) < 4.78 is 0. The fraction of sp³-hybridized carbons (Fsp3) is 0.909. The second-order valence-corrected chi connectivity index (χ2v) is 4.77. The molecule has 0 aliphatic rings.